The van der Waals surface area contributed by atoms with Gasteiger partial charge in [0.15, 0.2) is 0 Å². The van der Waals surface area contributed by atoms with Gasteiger partial charge >= 0.3 is 0 Å². The van der Waals surface area contributed by atoms with Crippen LogP contribution in [0.3, 0.4) is 0 Å². The van der Waals surface area contributed by atoms with Gasteiger partial charge in [0.25, 0.3) is 0 Å². The SMILES string of the molecule is NC(=O)CNC(=O)Cc1cccc(F)c1. The molecule has 0 bridgehead atoms. The Bertz CT molecular complexity index is 379. The molecule has 0 heterocycles. The number of amides is 2. The van der Waals surface area contributed by atoms with E-state index >= 15 is 0 Å². The summed E-state index contributed by atoms with van der Waals surface area (Å²) in [6, 6.07) is 5.72. The molecule has 2 amide bonds. The highest BCUT2D eigenvalue weighted by Crippen LogP contribution is 2.03. The number of primary amides is 1. The Kier molecular flexibility index (Phi) is 3.79. The first-order chi connectivity index (χ1) is 7.08. The van der Waals surface area contributed by atoms with Crippen LogP contribution in [0.15, 0.2) is 24.3 Å². The van der Waals surface area contributed by atoms with Gasteiger partial charge in [-0.3, -0.25) is 9.59 Å². The lowest BCUT2D eigenvalue weighted by Gasteiger charge is -2.02. The zero-order chi connectivity index (χ0) is 11.3. The molecule has 15 heavy (non-hydrogen) atoms. The first kappa shape index (κ1) is 11.2. The van der Waals surface area contributed by atoms with Crippen LogP contribution < -0.4 is 11.1 Å². The second-order valence-electron chi connectivity index (χ2n) is 3.05. The highest BCUT2D eigenvalue weighted by Gasteiger charge is 2.04. The second kappa shape index (κ2) is 5.09. The van der Waals surface area contributed by atoms with Crippen LogP contribution in [0.5, 0.6) is 0 Å². The van der Waals surface area contributed by atoms with E-state index in [9.17, 15) is 14.0 Å². The van der Waals surface area contributed by atoms with Gasteiger partial charge in [0, 0.05) is 0 Å². The van der Waals surface area contributed by atoms with Crippen LogP contribution in [-0.2, 0) is 16.0 Å². The summed E-state index contributed by atoms with van der Waals surface area (Å²) in [5, 5.41) is 2.31. The third kappa shape index (κ3) is 4.21. The molecule has 1 rings (SSSR count). The summed E-state index contributed by atoms with van der Waals surface area (Å²) in [5.41, 5.74) is 5.40. The Morgan fingerprint density at radius 2 is 2.13 bits per heavy atom. The number of nitrogens with one attached hydrogen (secondary N) is 1. The van der Waals surface area contributed by atoms with Gasteiger partial charge in [-0.2, -0.15) is 0 Å². The quantitative estimate of drug-likeness (QED) is 0.732. The summed E-state index contributed by atoms with van der Waals surface area (Å²) in [6.07, 6.45) is 0.0328. The van der Waals surface area contributed by atoms with E-state index in [0.29, 0.717) is 5.56 Å². The van der Waals surface area contributed by atoms with Crippen LogP contribution in [0.4, 0.5) is 4.39 Å². The highest BCUT2D eigenvalue weighted by atomic mass is 19.1. The summed E-state index contributed by atoms with van der Waals surface area (Å²) in [7, 11) is 0. The van der Waals surface area contributed by atoms with Gasteiger partial charge in [-0.25, -0.2) is 4.39 Å². The van der Waals surface area contributed by atoms with Crippen molar-refractivity contribution in [2.75, 3.05) is 6.54 Å². The van der Waals surface area contributed by atoms with Crippen molar-refractivity contribution in [1.82, 2.24) is 5.32 Å². The molecule has 0 saturated heterocycles. The van der Waals surface area contributed by atoms with Gasteiger partial charge in [-0.15, -0.1) is 0 Å². The fourth-order valence-electron chi connectivity index (χ4n) is 1.08. The van der Waals surface area contributed by atoms with Crippen molar-refractivity contribution in [1.29, 1.82) is 0 Å². The second-order valence-corrected chi connectivity index (χ2v) is 3.05. The van der Waals surface area contributed by atoms with Crippen LogP contribution in [-0.4, -0.2) is 18.4 Å². The Balaban J connectivity index is 2.48. The summed E-state index contributed by atoms with van der Waals surface area (Å²) >= 11 is 0. The Hall–Kier alpha value is -1.91. The molecule has 4 nitrogen and oxygen atoms in total. The molecule has 0 aliphatic rings. The fraction of sp³-hybridized carbons (Fsp3) is 0.200. The molecule has 5 heteroatoms. The minimum atomic E-state index is -0.609. The molecule has 3 N–H and O–H groups in total. The number of hydrogen-bond donors (Lipinski definition) is 2. The van der Waals surface area contributed by atoms with E-state index in [1.807, 2.05) is 0 Å². The van der Waals surface area contributed by atoms with E-state index in [1.54, 1.807) is 6.07 Å². The van der Waals surface area contributed by atoms with E-state index in [0.717, 1.165) is 0 Å². The number of carbonyl (C=O) groups is 2. The van der Waals surface area contributed by atoms with Crippen LogP contribution in [0.25, 0.3) is 0 Å². The van der Waals surface area contributed by atoms with Crippen molar-refractivity contribution in [3.63, 3.8) is 0 Å². The van der Waals surface area contributed by atoms with Gasteiger partial charge in [0.2, 0.25) is 11.8 Å². The first-order valence-corrected chi connectivity index (χ1v) is 4.37. The predicted molar refractivity (Wildman–Crippen MR) is 52.3 cm³/mol. The lowest BCUT2D eigenvalue weighted by molar-refractivity contribution is -0.124. The minimum Gasteiger partial charge on any atom is -0.368 e. The molecule has 0 radical (unpaired) electrons. The maximum absolute atomic E-state index is 12.7. The maximum Gasteiger partial charge on any atom is 0.236 e. The molecule has 1 aromatic carbocycles. The lowest BCUT2D eigenvalue weighted by atomic mass is 10.1. The molecular weight excluding hydrogens is 199 g/mol. The average molecular weight is 210 g/mol. The normalized spacial score (nSPS) is 9.67. The van der Waals surface area contributed by atoms with E-state index in [4.69, 9.17) is 5.73 Å². The number of halogens is 1. The van der Waals surface area contributed by atoms with Crippen molar-refractivity contribution in [2.45, 2.75) is 6.42 Å². The van der Waals surface area contributed by atoms with E-state index < -0.39 is 11.7 Å². The molecule has 0 aliphatic heterocycles. The van der Waals surface area contributed by atoms with Gasteiger partial charge in [0.1, 0.15) is 5.82 Å². The predicted octanol–water partition coefficient (Wildman–Crippen LogP) is -0.0303. The van der Waals surface area contributed by atoms with Crippen LogP contribution in [0, 0.1) is 5.82 Å². The molecule has 0 atom stereocenters. The third-order valence-electron chi connectivity index (χ3n) is 1.71. The number of rotatable bonds is 4. The molecule has 0 saturated carbocycles. The molecular formula is C10H11FN2O2. The largest absolute Gasteiger partial charge is 0.368 e. The zero-order valence-corrected chi connectivity index (χ0v) is 8.00. The van der Waals surface area contributed by atoms with Crippen LogP contribution in [0.2, 0.25) is 0 Å². The molecule has 0 fully saturated rings. The molecule has 0 spiro atoms. The third-order valence-corrected chi connectivity index (χ3v) is 1.71. The smallest absolute Gasteiger partial charge is 0.236 e. The summed E-state index contributed by atoms with van der Waals surface area (Å²) in [5.74, 6) is -1.36. The number of nitrogens with two attached hydrogens (primary N) is 1. The Labute approximate surface area is 86.3 Å². The standard InChI is InChI=1S/C10H11FN2O2/c11-8-3-1-2-7(4-8)5-10(15)13-6-9(12)14/h1-4H,5-6H2,(H2,12,14)(H,13,15). The molecule has 0 aliphatic carbocycles. The Morgan fingerprint density at radius 1 is 1.40 bits per heavy atom. The minimum absolute atomic E-state index is 0.0328. The average Bonchev–Trinajstić information content (AvgIpc) is 2.15. The van der Waals surface area contributed by atoms with Crippen molar-refractivity contribution in [3.05, 3.63) is 35.6 Å². The van der Waals surface area contributed by atoms with Gasteiger partial charge in [-0.1, -0.05) is 12.1 Å². The first-order valence-electron chi connectivity index (χ1n) is 4.37. The number of benzene rings is 1. The van der Waals surface area contributed by atoms with Crippen molar-refractivity contribution in [2.24, 2.45) is 5.73 Å². The van der Waals surface area contributed by atoms with Crippen molar-refractivity contribution in [3.8, 4) is 0 Å². The molecule has 0 aromatic heterocycles. The lowest BCUT2D eigenvalue weighted by Crippen LogP contribution is -2.34. The monoisotopic (exact) mass is 210 g/mol. The van der Waals surface area contributed by atoms with Crippen molar-refractivity contribution < 1.29 is 14.0 Å². The number of hydrogen-bond acceptors (Lipinski definition) is 2. The summed E-state index contributed by atoms with van der Waals surface area (Å²) in [6.45, 7) is -0.200. The highest BCUT2D eigenvalue weighted by molar-refractivity contribution is 5.84. The van der Waals surface area contributed by atoms with Gasteiger partial charge in [-0.05, 0) is 17.7 Å². The Morgan fingerprint density at radius 3 is 2.73 bits per heavy atom. The van der Waals surface area contributed by atoms with Crippen LogP contribution >= 0.6 is 0 Å². The molecule has 0 unspecified atom stereocenters. The van der Waals surface area contributed by atoms with Gasteiger partial charge in [0.05, 0.1) is 13.0 Å². The molecule has 80 valence electrons. The van der Waals surface area contributed by atoms with Crippen molar-refractivity contribution >= 4 is 11.8 Å². The van der Waals surface area contributed by atoms with Crippen LogP contribution in [0.1, 0.15) is 5.56 Å². The topological polar surface area (TPSA) is 72.2 Å². The zero-order valence-electron chi connectivity index (χ0n) is 8.00. The fourth-order valence-corrected chi connectivity index (χ4v) is 1.08. The van der Waals surface area contributed by atoms with E-state index in [1.165, 1.54) is 18.2 Å². The molecule has 1 aromatic rings. The maximum atomic E-state index is 12.7. The van der Waals surface area contributed by atoms with E-state index in [2.05, 4.69) is 5.32 Å². The summed E-state index contributed by atoms with van der Waals surface area (Å²) in [4.78, 5) is 21.5. The van der Waals surface area contributed by atoms with E-state index in [-0.39, 0.29) is 18.9 Å². The van der Waals surface area contributed by atoms with Gasteiger partial charge < -0.3 is 11.1 Å². The number of carbonyl (C=O) groups excluding carboxylic acids is 2. The summed E-state index contributed by atoms with van der Waals surface area (Å²) < 4.78 is 12.7.